The van der Waals surface area contributed by atoms with Gasteiger partial charge in [-0.1, -0.05) is 15.9 Å². The maximum Gasteiger partial charge on any atom is 0.236 e. The Bertz CT molecular complexity index is 534. The summed E-state index contributed by atoms with van der Waals surface area (Å²) in [6.45, 7) is 3.63. The van der Waals surface area contributed by atoms with Crippen molar-refractivity contribution in [2.24, 2.45) is 0 Å². The molecule has 22 heavy (non-hydrogen) atoms. The van der Waals surface area contributed by atoms with Gasteiger partial charge in [0.05, 0.1) is 31.3 Å². The Kier molecular flexibility index (Phi) is 6.67. The zero-order chi connectivity index (χ0) is 16.1. The quantitative estimate of drug-likeness (QED) is 0.712. The van der Waals surface area contributed by atoms with Gasteiger partial charge in [-0.15, -0.1) is 0 Å². The zero-order valence-electron chi connectivity index (χ0n) is 12.8. The van der Waals surface area contributed by atoms with Crippen LogP contribution in [0.1, 0.15) is 5.56 Å². The molecule has 1 fully saturated rings. The Labute approximate surface area is 147 Å². The normalized spacial score (nSPS) is 15.2. The SMILES string of the molecule is COc1c(Br)cc(Br)cc1CN(C)CC(=O)N1CCOCC1. The molecule has 122 valence electrons. The topological polar surface area (TPSA) is 42.0 Å². The molecule has 0 atom stereocenters. The Hall–Kier alpha value is -0.630. The second kappa shape index (κ2) is 8.29. The van der Waals surface area contributed by atoms with E-state index in [1.165, 1.54) is 0 Å². The fourth-order valence-corrected chi connectivity index (χ4v) is 3.93. The summed E-state index contributed by atoms with van der Waals surface area (Å²) >= 11 is 6.99. The van der Waals surface area contributed by atoms with E-state index in [1.807, 2.05) is 29.0 Å². The Morgan fingerprint density at radius 3 is 2.68 bits per heavy atom. The van der Waals surface area contributed by atoms with E-state index in [9.17, 15) is 4.79 Å². The van der Waals surface area contributed by atoms with Gasteiger partial charge in [0.15, 0.2) is 0 Å². The summed E-state index contributed by atoms with van der Waals surface area (Å²) in [5, 5.41) is 0. The number of morpholine rings is 1. The molecule has 0 N–H and O–H groups in total. The highest BCUT2D eigenvalue weighted by atomic mass is 79.9. The minimum atomic E-state index is 0.138. The van der Waals surface area contributed by atoms with Crippen molar-refractivity contribution in [2.45, 2.75) is 6.54 Å². The predicted octanol–water partition coefficient (Wildman–Crippen LogP) is 2.51. The summed E-state index contributed by atoms with van der Waals surface area (Å²) in [5.41, 5.74) is 1.03. The molecule has 0 radical (unpaired) electrons. The molecule has 0 aromatic heterocycles. The summed E-state index contributed by atoms with van der Waals surface area (Å²) in [7, 11) is 3.59. The van der Waals surface area contributed by atoms with Crippen molar-refractivity contribution < 1.29 is 14.3 Å². The number of likely N-dealkylation sites (N-methyl/N-ethyl adjacent to an activating group) is 1. The van der Waals surface area contributed by atoms with Gasteiger partial charge in [-0.25, -0.2) is 0 Å². The summed E-state index contributed by atoms with van der Waals surface area (Å²) < 4.78 is 12.6. The zero-order valence-corrected chi connectivity index (χ0v) is 15.9. The lowest BCUT2D eigenvalue weighted by atomic mass is 10.2. The monoisotopic (exact) mass is 434 g/mol. The van der Waals surface area contributed by atoms with E-state index < -0.39 is 0 Å². The van der Waals surface area contributed by atoms with Crippen LogP contribution in [0.5, 0.6) is 5.75 Å². The number of carbonyl (C=O) groups is 1. The van der Waals surface area contributed by atoms with Gasteiger partial charge in [-0.2, -0.15) is 0 Å². The van der Waals surface area contributed by atoms with Gasteiger partial charge in [-0.05, 0) is 35.1 Å². The predicted molar refractivity (Wildman–Crippen MR) is 92.1 cm³/mol. The van der Waals surface area contributed by atoms with E-state index in [4.69, 9.17) is 9.47 Å². The molecule has 0 unspecified atom stereocenters. The van der Waals surface area contributed by atoms with E-state index in [2.05, 4.69) is 31.9 Å². The summed E-state index contributed by atoms with van der Waals surface area (Å²) in [4.78, 5) is 16.1. The van der Waals surface area contributed by atoms with Crippen LogP contribution in [-0.4, -0.2) is 62.7 Å². The van der Waals surface area contributed by atoms with Crippen LogP contribution >= 0.6 is 31.9 Å². The number of amides is 1. The molecule has 5 nitrogen and oxygen atoms in total. The summed E-state index contributed by atoms with van der Waals surface area (Å²) in [6, 6.07) is 3.96. The average Bonchev–Trinajstić information content (AvgIpc) is 2.47. The molecular formula is C15H20Br2N2O3. The van der Waals surface area contributed by atoms with E-state index in [-0.39, 0.29) is 5.91 Å². The molecule has 1 aromatic rings. The summed E-state index contributed by atoms with van der Waals surface area (Å²) in [5.74, 6) is 0.938. The van der Waals surface area contributed by atoms with Crippen LogP contribution in [0.15, 0.2) is 21.1 Å². The first-order valence-corrected chi connectivity index (χ1v) is 8.66. The van der Waals surface area contributed by atoms with Crippen LogP contribution in [0.3, 0.4) is 0 Å². The number of nitrogens with zero attached hydrogens (tertiary/aromatic N) is 2. The first kappa shape index (κ1) is 17.7. The lowest BCUT2D eigenvalue weighted by Gasteiger charge is -2.29. The van der Waals surface area contributed by atoms with Gasteiger partial charge in [-0.3, -0.25) is 9.69 Å². The Morgan fingerprint density at radius 2 is 2.05 bits per heavy atom. The maximum atomic E-state index is 12.3. The molecule has 1 heterocycles. The molecule has 7 heteroatoms. The highest BCUT2D eigenvalue weighted by Crippen LogP contribution is 2.33. The van der Waals surface area contributed by atoms with Gasteiger partial charge >= 0.3 is 0 Å². The van der Waals surface area contributed by atoms with Gasteiger partial charge in [0.25, 0.3) is 0 Å². The standard InChI is InChI=1S/C15H20Br2N2O3/c1-18(10-14(20)19-3-5-22-6-4-19)9-11-7-12(16)8-13(17)15(11)21-2/h7-8H,3-6,9-10H2,1-2H3. The van der Waals surface area contributed by atoms with Gasteiger partial charge < -0.3 is 14.4 Å². The van der Waals surface area contributed by atoms with Crippen molar-refractivity contribution in [2.75, 3.05) is 47.0 Å². The molecule has 2 rings (SSSR count). The third-order valence-electron chi connectivity index (χ3n) is 3.50. The lowest BCUT2D eigenvalue weighted by molar-refractivity contribution is -0.136. The molecule has 1 aliphatic rings. The summed E-state index contributed by atoms with van der Waals surface area (Å²) in [6.07, 6.45) is 0. The van der Waals surface area contributed by atoms with Crippen LogP contribution in [-0.2, 0) is 16.1 Å². The second-order valence-corrected chi connectivity index (χ2v) is 7.02. The molecule has 0 saturated carbocycles. The minimum absolute atomic E-state index is 0.138. The fourth-order valence-electron chi connectivity index (χ4n) is 2.45. The first-order chi connectivity index (χ1) is 10.5. The number of rotatable bonds is 5. The lowest BCUT2D eigenvalue weighted by Crippen LogP contribution is -2.44. The smallest absolute Gasteiger partial charge is 0.236 e. The second-order valence-electron chi connectivity index (χ2n) is 5.25. The molecule has 0 spiro atoms. The number of carbonyl (C=O) groups excluding carboxylic acids is 1. The van der Waals surface area contributed by atoms with E-state index >= 15 is 0 Å². The third kappa shape index (κ3) is 4.68. The van der Waals surface area contributed by atoms with Crippen molar-refractivity contribution in [3.63, 3.8) is 0 Å². The van der Waals surface area contributed by atoms with Crippen molar-refractivity contribution in [3.8, 4) is 5.75 Å². The molecule has 1 aromatic carbocycles. The number of hydrogen-bond donors (Lipinski definition) is 0. The molecular weight excluding hydrogens is 416 g/mol. The van der Waals surface area contributed by atoms with Crippen molar-refractivity contribution in [1.29, 1.82) is 0 Å². The number of hydrogen-bond acceptors (Lipinski definition) is 4. The number of benzene rings is 1. The van der Waals surface area contributed by atoms with Crippen LogP contribution in [0, 0.1) is 0 Å². The van der Waals surface area contributed by atoms with Crippen molar-refractivity contribution >= 4 is 37.8 Å². The number of methoxy groups -OCH3 is 1. The van der Waals surface area contributed by atoms with Gasteiger partial charge in [0.1, 0.15) is 5.75 Å². The number of halogens is 2. The molecule has 1 amide bonds. The van der Waals surface area contributed by atoms with Crippen molar-refractivity contribution in [1.82, 2.24) is 9.80 Å². The maximum absolute atomic E-state index is 12.3. The van der Waals surface area contributed by atoms with Crippen molar-refractivity contribution in [3.05, 3.63) is 26.6 Å². The average molecular weight is 436 g/mol. The Balaban J connectivity index is 1.99. The Morgan fingerprint density at radius 1 is 1.36 bits per heavy atom. The highest BCUT2D eigenvalue weighted by Gasteiger charge is 2.19. The van der Waals surface area contributed by atoms with Gasteiger partial charge in [0.2, 0.25) is 5.91 Å². The molecule has 0 bridgehead atoms. The van der Waals surface area contributed by atoms with E-state index in [0.29, 0.717) is 39.4 Å². The molecule has 1 aliphatic heterocycles. The molecule has 1 saturated heterocycles. The van der Waals surface area contributed by atoms with Crippen LogP contribution < -0.4 is 4.74 Å². The largest absolute Gasteiger partial charge is 0.495 e. The fraction of sp³-hybridized carbons (Fsp3) is 0.533. The van der Waals surface area contributed by atoms with Crippen LogP contribution in [0.25, 0.3) is 0 Å². The highest BCUT2D eigenvalue weighted by molar-refractivity contribution is 9.11. The van der Waals surface area contributed by atoms with Crippen LogP contribution in [0.2, 0.25) is 0 Å². The van der Waals surface area contributed by atoms with E-state index in [0.717, 1.165) is 20.3 Å². The number of ether oxygens (including phenoxy) is 2. The van der Waals surface area contributed by atoms with Gasteiger partial charge in [0, 0.05) is 29.7 Å². The third-order valence-corrected chi connectivity index (χ3v) is 4.55. The van der Waals surface area contributed by atoms with Crippen LogP contribution in [0.4, 0.5) is 0 Å². The first-order valence-electron chi connectivity index (χ1n) is 7.07. The minimum Gasteiger partial charge on any atom is -0.495 e. The molecule has 0 aliphatic carbocycles. The van der Waals surface area contributed by atoms with E-state index in [1.54, 1.807) is 7.11 Å².